The van der Waals surface area contributed by atoms with Crippen molar-refractivity contribution >= 4 is 17.6 Å². The summed E-state index contributed by atoms with van der Waals surface area (Å²) in [6, 6.07) is 0. The zero-order valence-corrected chi connectivity index (χ0v) is 7.73. The number of hydrogen-bond donors (Lipinski definition) is 1. The highest BCUT2D eigenvalue weighted by Gasteiger charge is 2.51. The van der Waals surface area contributed by atoms with Gasteiger partial charge in [-0.15, -0.1) is 11.6 Å². The van der Waals surface area contributed by atoms with Gasteiger partial charge in [0.2, 0.25) is 0 Å². The lowest BCUT2D eigenvalue weighted by molar-refractivity contribution is -0.141. The number of halogens is 1. The molecule has 3 heteroatoms. The molecule has 0 aromatic heterocycles. The Labute approximate surface area is 76.9 Å². The molecule has 68 valence electrons. The topological polar surface area (TPSA) is 37.3 Å². The number of aliphatic carboxylic acids is 1. The highest BCUT2D eigenvalue weighted by Crippen LogP contribution is 2.58. The summed E-state index contributed by atoms with van der Waals surface area (Å²) in [5.74, 6) is -0.834. The number of alkyl halides is 1. The molecule has 2 aliphatic rings. The Bertz CT molecular complexity index is 211. The van der Waals surface area contributed by atoms with Gasteiger partial charge in [-0.05, 0) is 43.9 Å². The van der Waals surface area contributed by atoms with Crippen LogP contribution in [0.3, 0.4) is 0 Å². The van der Waals surface area contributed by atoms with Crippen LogP contribution in [-0.4, -0.2) is 16.0 Å². The van der Waals surface area contributed by atoms with Crippen LogP contribution in [0.5, 0.6) is 0 Å². The van der Waals surface area contributed by atoms with Crippen molar-refractivity contribution in [3.8, 4) is 0 Å². The molecule has 0 radical (unpaired) electrons. The Balaban J connectivity index is 2.01. The largest absolute Gasteiger partial charge is 0.480 e. The van der Waals surface area contributed by atoms with E-state index < -0.39 is 10.8 Å². The van der Waals surface area contributed by atoms with Crippen molar-refractivity contribution < 1.29 is 9.90 Å². The van der Waals surface area contributed by atoms with Crippen molar-refractivity contribution in [3.05, 3.63) is 0 Å². The van der Waals surface area contributed by atoms with Crippen LogP contribution in [0.4, 0.5) is 0 Å². The fourth-order valence-electron chi connectivity index (χ4n) is 2.07. The number of carboxylic acid groups (broad SMARTS) is 1. The fraction of sp³-hybridized carbons (Fsp3) is 0.889. The van der Waals surface area contributed by atoms with Crippen molar-refractivity contribution in [3.63, 3.8) is 0 Å². The van der Waals surface area contributed by atoms with Crippen LogP contribution in [0.2, 0.25) is 0 Å². The standard InChI is InChI=1S/C9H13ClO2/c10-9(7(11)12)5-3-8(1-2-8)4-6-9/h1-6H2,(H,11,12). The first-order valence-corrected chi connectivity index (χ1v) is 4.87. The van der Waals surface area contributed by atoms with Crippen LogP contribution < -0.4 is 0 Å². The van der Waals surface area contributed by atoms with Gasteiger partial charge in [0.25, 0.3) is 0 Å². The van der Waals surface area contributed by atoms with Crippen LogP contribution in [0.25, 0.3) is 0 Å². The molecule has 0 bridgehead atoms. The third-order valence-electron chi connectivity index (χ3n) is 3.44. The van der Waals surface area contributed by atoms with Gasteiger partial charge in [-0.25, -0.2) is 0 Å². The van der Waals surface area contributed by atoms with Crippen LogP contribution in [0.15, 0.2) is 0 Å². The molecule has 0 aromatic carbocycles. The first-order valence-electron chi connectivity index (χ1n) is 4.49. The summed E-state index contributed by atoms with van der Waals surface area (Å²) in [5, 5.41) is 8.86. The van der Waals surface area contributed by atoms with E-state index in [0.29, 0.717) is 18.3 Å². The first kappa shape index (κ1) is 8.36. The average Bonchev–Trinajstić information content (AvgIpc) is 2.77. The highest BCUT2D eigenvalue weighted by molar-refractivity contribution is 6.33. The van der Waals surface area contributed by atoms with E-state index in [2.05, 4.69) is 0 Å². The lowest BCUT2D eigenvalue weighted by atomic mass is 9.79. The molecule has 0 unspecified atom stereocenters. The third-order valence-corrected chi connectivity index (χ3v) is 3.98. The fourth-order valence-corrected chi connectivity index (χ4v) is 2.26. The monoisotopic (exact) mass is 188 g/mol. The van der Waals surface area contributed by atoms with Crippen molar-refractivity contribution in [2.75, 3.05) is 0 Å². The van der Waals surface area contributed by atoms with Crippen LogP contribution in [-0.2, 0) is 4.79 Å². The van der Waals surface area contributed by atoms with Gasteiger partial charge in [-0.3, -0.25) is 4.79 Å². The van der Waals surface area contributed by atoms with Gasteiger partial charge < -0.3 is 5.11 Å². The molecule has 2 rings (SSSR count). The molecule has 2 fully saturated rings. The molecule has 0 atom stereocenters. The molecule has 0 aliphatic heterocycles. The summed E-state index contributed by atoms with van der Waals surface area (Å²) in [4.78, 5) is 9.84. The molecule has 12 heavy (non-hydrogen) atoms. The Morgan fingerprint density at radius 3 is 1.83 bits per heavy atom. The van der Waals surface area contributed by atoms with Gasteiger partial charge in [0, 0.05) is 0 Å². The molecule has 0 amide bonds. The summed E-state index contributed by atoms with van der Waals surface area (Å²) in [6.45, 7) is 0. The molecule has 0 saturated heterocycles. The third kappa shape index (κ3) is 1.22. The van der Waals surface area contributed by atoms with Crippen molar-refractivity contribution in [2.45, 2.75) is 43.4 Å². The summed E-state index contributed by atoms with van der Waals surface area (Å²) in [5.41, 5.74) is 0.522. The maximum Gasteiger partial charge on any atom is 0.324 e. The van der Waals surface area contributed by atoms with E-state index in [9.17, 15) is 4.79 Å². The molecule has 2 saturated carbocycles. The summed E-state index contributed by atoms with van der Waals surface area (Å²) in [6.07, 6.45) is 5.93. The van der Waals surface area contributed by atoms with Gasteiger partial charge in [0.15, 0.2) is 0 Å². The van der Waals surface area contributed by atoms with Crippen molar-refractivity contribution in [1.29, 1.82) is 0 Å². The summed E-state index contributed by atoms with van der Waals surface area (Å²) < 4.78 is 0. The second-order valence-corrected chi connectivity index (χ2v) is 4.99. The Morgan fingerprint density at radius 1 is 1.08 bits per heavy atom. The molecular formula is C9H13ClO2. The molecule has 1 spiro atoms. The van der Waals surface area contributed by atoms with Gasteiger partial charge in [0.05, 0.1) is 0 Å². The Hall–Kier alpha value is -0.240. The predicted octanol–water partition coefficient (Wildman–Crippen LogP) is 2.40. The number of rotatable bonds is 1. The van der Waals surface area contributed by atoms with Crippen molar-refractivity contribution in [2.24, 2.45) is 5.41 Å². The first-order chi connectivity index (χ1) is 5.56. The Kier molecular flexibility index (Phi) is 1.66. The number of carbonyl (C=O) groups is 1. The summed E-state index contributed by atoms with van der Waals surface area (Å²) >= 11 is 5.97. The van der Waals surface area contributed by atoms with Gasteiger partial charge >= 0.3 is 5.97 Å². The average molecular weight is 189 g/mol. The van der Waals surface area contributed by atoms with E-state index >= 15 is 0 Å². The lowest BCUT2D eigenvalue weighted by Crippen LogP contribution is -2.37. The lowest BCUT2D eigenvalue weighted by Gasteiger charge is -2.31. The van der Waals surface area contributed by atoms with Crippen LogP contribution >= 0.6 is 11.6 Å². The minimum absolute atomic E-state index is 0.522. The van der Waals surface area contributed by atoms with E-state index in [1.165, 1.54) is 12.8 Å². The van der Waals surface area contributed by atoms with Crippen molar-refractivity contribution in [1.82, 2.24) is 0 Å². The number of hydrogen-bond acceptors (Lipinski definition) is 1. The van der Waals surface area contributed by atoms with Crippen LogP contribution in [0, 0.1) is 5.41 Å². The van der Waals surface area contributed by atoms with Crippen LogP contribution in [0.1, 0.15) is 38.5 Å². The zero-order valence-electron chi connectivity index (χ0n) is 6.98. The summed E-state index contributed by atoms with van der Waals surface area (Å²) in [7, 11) is 0. The SMILES string of the molecule is O=C(O)C1(Cl)CCC2(CC2)CC1. The van der Waals surface area contributed by atoms with Gasteiger partial charge in [-0.1, -0.05) is 0 Å². The molecule has 1 N–H and O–H groups in total. The number of carboxylic acids is 1. The second kappa shape index (κ2) is 2.38. The minimum Gasteiger partial charge on any atom is -0.480 e. The van der Waals surface area contributed by atoms with Gasteiger partial charge in [0.1, 0.15) is 4.87 Å². The molecule has 2 aliphatic carbocycles. The molecular weight excluding hydrogens is 176 g/mol. The quantitative estimate of drug-likeness (QED) is 0.642. The van der Waals surface area contributed by atoms with E-state index in [1.807, 2.05) is 0 Å². The maximum absolute atomic E-state index is 10.8. The zero-order chi connectivity index (χ0) is 8.82. The predicted molar refractivity (Wildman–Crippen MR) is 46.4 cm³/mol. The highest BCUT2D eigenvalue weighted by atomic mass is 35.5. The second-order valence-electron chi connectivity index (χ2n) is 4.27. The molecule has 0 aromatic rings. The maximum atomic E-state index is 10.8. The minimum atomic E-state index is -0.937. The smallest absolute Gasteiger partial charge is 0.324 e. The van der Waals surface area contributed by atoms with E-state index in [0.717, 1.165) is 12.8 Å². The molecule has 0 heterocycles. The van der Waals surface area contributed by atoms with Gasteiger partial charge in [-0.2, -0.15) is 0 Å². The van der Waals surface area contributed by atoms with E-state index in [1.54, 1.807) is 0 Å². The normalized spacial score (nSPS) is 30.1. The Morgan fingerprint density at radius 2 is 1.50 bits per heavy atom. The van der Waals surface area contributed by atoms with E-state index in [-0.39, 0.29) is 0 Å². The molecule has 2 nitrogen and oxygen atoms in total. The van der Waals surface area contributed by atoms with E-state index in [4.69, 9.17) is 16.7 Å².